The van der Waals surface area contributed by atoms with E-state index in [1.807, 2.05) is 63.2 Å². The Bertz CT molecular complexity index is 984. The fourth-order valence-corrected chi connectivity index (χ4v) is 2.89. The summed E-state index contributed by atoms with van der Waals surface area (Å²) in [5, 5.41) is 6.77. The first-order valence-electron chi connectivity index (χ1n) is 9.48. The van der Waals surface area contributed by atoms with E-state index < -0.39 is 6.10 Å². The Morgan fingerprint density at radius 2 is 2.03 bits per heavy atom. The number of carbonyl (C=O) groups excluding carboxylic acids is 1. The zero-order chi connectivity index (χ0) is 20.8. The van der Waals surface area contributed by atoms with E-state index in [9.17, 15) is 4.79 Å². The molecule has 29 heavy (non-hydrogen) atoms. The molecule has 3 aromatic rings. The summed E-state index contributed by atoms with van der Waals surface area (Å²) in [6.45, 7) is 6.01. The van der Waals surface area contributed by atoms with E-state index in [-0.39, 0.29) is 12.5 Å². The average Bonchev–Trinajstić information content (AvgIpc) is 3.20. The predicted molar refractivity (Wildman–Crippen MR) is 109 cm³/mol. The number of aryl methyl sites for hydroxylation is 2. The van der Waals surface area contributed by atoms with Crippen LogP contribution in [0, 0.1) is 13.8 Å². The van der Waals surface area contributed by atoms with Crippen molar-refractivity contribution in [2.75, 3.05) is 7.11 Å². The van der Waals surface area contributed by atoms with Gasteiger partial charge in [-0.3, -0.25) is 4.79 Å². The molecule has 1 N–H and O–H groups in total. The Labute approximate surface area is 170 Å². The summed E-state index contributed by atoms with van der Waals surface area (Å²) in [4.78, 5) is 16.9. The number of hydrogen-bond donors (Lipinski definition) is 1. The highest BCUT2D eigenvalue weighted by atomic mass is 16.5. The van der Waals surface area contributed by atoms with Gasteiger partial charge in [0.1, 0.15) is 11.5 Å². The van der Waals surface area contributed by atoms with E-state index in [2.05, 4.69) is 15.5 Å². The zero-order valence-electron chi connectivity index (χ0n) is 17.1. The third kappa shape index (κ3) is 5.13. The molecule has 0 spiro atoms. The van der Waals surface area contributed by atoms with Crippen LogP contribution in [-0.4, -0.2) is 29.3 Å². The molecule has 0 saturated heterocycles. The first kappa shape index (κ1) is 20.4. The molecule has 0 unspecified atom stereocenters. The number of carbonyl (C=O) groups is 1. The second-order valence-electron chi connectivity index (χ2n) is 6.75. The first-order valence-corrected chi connectivity index (χ1v) is 9.48. The molecule has 0 aliphatic heterocycles. The van der Waals surface area contributed by atoms with Crippen molar-refractivity contribution in [2.45, 2.75) is 39.8 Å². The van der Waals surface area contributed by atoms with E-state index in [1.54, 1.807) is 7.11 Å². The topological polar surface area (TPSA) is 86.5 Å². The summed E-state index contributed by atoms with van der Waals surface area (Å²) in [5.74, 6) is 1.94. The van der Waals surface area contributed by atoms with Gasteiger partial charge in [-0.1, -0.05) is 41.9 Å². The Morgan fingerprint density at radius 1 is 1.21 bits per heavy atom. The van der Waals surface area contributed by atoms with Gasteiger partial charge in [0.25, 0.3) is 5.91 Å². The minimum absolute atomic E-state index is 0.128. The molecule has 0 saturated carbocycles. The van der Waals surface area contributed by atoms with Crippen LogP contribution >= 0.6 is 0 Å². The Balaban J connectivity index is 1.61. The van der Waals surface area contributed by atoms with E-state index in [4.69, 9.17) is 14.0 Å². The number of nitrogens with zero attached hydrogens (tertiary/aromatic N) is 2. The summed E-state index contributed by atoms with van der Waals surface area (Å²) < 4.78 is 16.4. The van der Waals surface area contributed by atoms with Crippen molar-refractivity contribution in [3.8, 4) is 22.9 Å². The molecule has 0 fully saturated rings. The van der Waals surface area contributed by atoms with Crippen LogP contribution in [0.25, 0.3) is 11.4 Å². The van der Waals surface area contributed by atoms with Crippen LogP contribution in [0.5, 0.6) is 11.5 Å². The number of amides is 1. The zero-order valence-corrected chi connectivity index (χ0v) is 17.1. The summed E-state index contributed by atoms with van der Waals surface area (Å²) in [6, 6.07) is 13.2. The molecule has 7 heteroatoms. The minimum atomic E-state index is -0.600. The maximum atomic E-state index is 12.5. The molecule has 7 nitrogen and oxygen atoms in total. The summed E-state index contributed by atoms with van der Waals surface area (Å²) in [5.41, 5.74) is 2.92. The monoisotopic (exact) mass is 395 g/mol. The summed E-state index contributed by atoms with van der Waals surface area (Å²) in [7, 11) is 1.60. The van der Waals surface area contributed by atoms with Crippen molar-refractivity contribution in [3.05, 3.63) is 59.5 Å². The van der Waals surface area contributed by atoms with Gasteiger partial charge in [-0.15, -0.1) is 0 Å². The molecule has 0 aliphatic carbocycles. The van der Waals surface area contributed by atoms with Crippen molar-refractivity contribution >= 4 is 5.91 Å². The highest BCUT2D eigenvalue weighted by Gasteiger charge is 2.20. The number of hydrogen-bond acceptors (Lipinski definition) is 6. The van der Waals surface area contributed by atoms with Crippen molar-refractivity contribution in [2.24, 2.45) is 0 Å². The van der Waals surface area contributed by atoms with Crippen LogP contribution in [0.1, 0.15) is 30.4 Å². The molecule has 0 bridgehead atoms. The van der Waals surface area contributed by atoms with Gasteiger partial charge in [-0.2, -0.15) is 4.98 Å². The molecule has 2 aromatic carbocycles. The molecule has 0 radical (unpaired) electrons. The van der Waals surface area contributed by atoms with Crippen LogP contribution in [0.4, 0.5) is 0 Å². The van der Waals surface area contributed by atoms with E-state index in [0.717, 1.165) is 16.7 Å². The Morgan fingerprint density at radius 3 is 2.76 bits per heavy atom. The SMILES string of the molecule is CC[C@H](Oc1ccc(C)cc1C)C(=O)NCc1nc(-c2cccc(OC)c2)no1. The number of methoxy groups -OCH3 is 1. The minimum Gasteiger partial charge on any atom is -0.497 e. The highest BCUT2D eigenvalue weighted by Crippen LogP contribution is 2.22. The normalized spacial score (nSPS) is 11.7. The van der Waals surface area contributed by atoms with Crippen molar-refractivity contribution in [1.29, 1.82) is 0 Å². The fraction of sp³-hybridized carbons (Fsp3) is 0.318. The van der Waals surface area contributed by atoms with Crippen LogP contribution in [0.15, 0.2) is 47.0 Å². The lowest BCUT2D eigenvalue weighted by Gasteiger charge is -2.18. The molecule has 1 atom stereocenters. The van der Waals surface area contributed by atoms with Gasteiger partial charge in [-0.25, -0.2) is 0 Å². The van der Waals surface area contributed by atoms with Crippen LogP contribution in [0.3, 0.4) is 0 Å². The molecule has 0 aliphatic rings. The van der Waals surface area contributed by atoms with E-state index >= 15 is 0 Å². The first-order chi connectivity index (χ1) is 14.0. The van der Waals surface area contributed by atoms with Crippen molar-refractivity contribution < 1.29 is 18.8 Å². The Kier molecular flexibility index (Phi) is 6.49. The standard InChI is InChI=1S/C22H25N3O4/c1-5-18(28-19-10-9-14(2)11-15(19)3)22(26)23-13-20-24-21(25-29-20)16-7-6-8-17(12-16)27-4/h6-12,18H,5,13H2,1-4H3,(H,23,26)/t18-/m0/s1. The smallest absolute Gasteiger partial charge is 0.261 e. The van der Waals surface area contributed by atoms with E-state index in [0.29, 0.717) is 29.6 Å². The van der Waals surface area contributed by atoms with Crippen LogP contribution < -0.4 is 14.8 Å². The average molecular weight is 395 g/mol. The number of nitrogens with one attached hydrogen (secondary N) is 1. The maximum Gasteiger partial charge on any atom is 0.261 e. The van der Waals surface area contributed by atoms with Gasteiger partial charge in [0.15, 0.2) is 6.10 Å². The molecule has 1 heterocycles. The number of benzene rings is 2. The van der Waals surface area contributed by atoms with Gasteiger partial charge < -0.3 is 19.3 Å². The molecule has 152 valence electrons. The predicted octanol–water partition coefficient (Wildman–Crippen LogP) is 3.84. The van der Waals surface area contributed by atoms with Crippen LogP contribution in [-0.2, 0) is 11.3 Å². The lowest BCUT2D eigenvalue weighted by molar-refractivity contribution is -0.128. The Hall–Kier alpha value is -3.35. The highest BCUT2D eigenvalue weighted by molar-refractivity contribution is 5.81. The van der Waals surface area contributed by atoms with E-state index in [1.165, 1.54) is 0 Å². The fourth-order valence-electron chi connectivity index (χ4n) is 2.89. The number of ether oxygens (including phenoxy) is 2. The lowest BCUT2D eigenvalue weighted by Crippen LogP contribution is -2.37. The van der Waals surface area contributed by atoms with Gasteiger partial charge in [0.05, 0.1) is 13.7 Å². The third-order valence-electron chi connectivity index (χ3n) is 4.47. The summed E-state index contributed by atoms with van der Waals surface area (Å²) >= 11 is 0. The quantitative estimate of drug-likeness (QED) is 0.624. The van der Waals surface area contributed by atoms with Gasteiger partial charge in [0.2, 0.25) is 11.7 Å². The third-order valence-corrected chi connectivity index (χ3v) is 4.47. The number of aromatic nitrogens is 2. The largest absolute Gasteiger partial charge is 0.497 e. The van der Waals surface area contributed by atoms with Gasteiger partial charge >= 0.3 is 0 Å². The molecular weight excluding hydrogens is 370 g/mol. The lowest BCUT2D eigenvalue weighted by atomic mass is 10.1. The summed E-state index contributed by atoms with van der Waals surface area (Å²) in [6.07, 6.45) is -0.0601. The maximum absolute atomic E-state index is 12.5. The second kappa shape index (κ2) is 9.23. The van der Waals surface area contributed by atoms with Crippen molar-refractivity contribution in [1.82, 2.24) is 15.5 Å². The molecule has 3 rings (SSSR count). The van der Waals surface area contributed by atoms with Crippen molar-refractivity contribution in [3.63, 3.8) is 0 Å². The van der Waals surface area contributed by atoms with Gasteiger partial charge in [-0.05, 0) is 44.0 Å². The van der Waals surface area contributed by atoms with Crippen LogP contribution in [0.2, 0.25) is 0 Å². The molecular formula is C22H25N3O4. The van der Waals surface area contributed by atoms with Gasteiger partial charge in [0, 0.05) is 5.56 Å². The second-order valence-corrected chi connectivity index (χ2v) is 6.75. The molecule has 1 amide bonds. The molecule has 1 aromatic heterocycles. The number of rotatable bonds is 8.